The summed E-state index contributed by atoms with van der Waals surface area (Å²) in [5, 5.41) is 12.7. The van der Waals surface area contributed by atoms with Gasteiger partial charge in [0.2, 0.25) is 0 Å². The minimum Gasteiger partial charge on any atom is -0.481 e. The average Bonchev–Trinajstić information content (AvgIpc) is 2.28. The molecule has 0 amide bonds. The maximum atomic E-state index is 10.4. The zero-order chi connectivity index (χ0) is 10.0. The molecule has 0 aliphatic heterocycles. The van der Waals surface area contributed by atoms with Gasteiger partial charge in [-0.2, -0.15) is 5.10 Å². The average molecular weight is 183 g/mol. The lowest BCUT2D eigenvalue weighted by Crippen LogP contribution is -2.13. The van der Waals surface area contributed by atoms with Gasteiger partial charge >= 0.3 is 5.97 Å². The summed E-state index contributed by atoms with van der Waals surface area (Å²) in [7, 11) is 0. The normalized spacial score (nSPS) is 12.8. The van der Waals surface area contributed by atoms with Gasteiger partial charge in [0.25, 0.3) is 0 Å². The standard InChI is InChI=1S/C8H13N3O2/c1-5(4-8(12)13)11-7(3)9-6(2)10-11/h5H,4H2,1-3H3,(H,12,13)/t5-/m1/s1. The van der Waals surface area contributed by atoms with Gasteiger partial charge in [0, 0.05) is 0 Å². The molecule has 5 nitrogen and oxygen atoms in total. The van der Waals surface area contributed by atoms with E-state index in [9.17, 15) is 4.79 Å². The number of aromatic nitrogens is 3. The van der Waals surface area contributed by atoms with Gasteiger partial charge in [-0.3, -0.25) is 4.79 Å². The molecule has 13 heavy (non-hydrogen) atoms. The van der Waals surface area contributed by atoms with Crippen molar-refractivity contribution < 1.29 is 9.90 Å². The number of aryl methyl sites for hydroxylation is 2. The van der Waals surface area contributed by atoms with Crippen LogP contribution in [0.25, 0.3) is 0 Å². The molecule has 0 unspecified atom stereocenters. The summed E-state index contributed by atoms with van der Waals surface area (Å²) in [6.07, 6.45) is 0.0731. The lowest BCUT2D eigenvalue weighted by atomic mass is 10.2. The largest absolute Gasteiger partial charge is 0.481 e. The van der Waals surface area contributed by atoms with E-state index in [2.05, 4.69) is 10.1 Å². The fourth-order valence-corrected chi connectivity index (χ4v) is 1.29. The first-order chi connectivity index (χ1) is 6.00. The molecule has 0 fully saturated rings. The van der Waals surface area contributed by atoms with Gasteiger partial charge in [0.05, 0.1) is 12.5 Å². The van der Waals surface area contributed by atoms with E-state index in [1.807, 2.05) is 13.8 Å². The Hall–Kier alpha value is -1.39. The van der Waals surface area contributed by atoms with E-state index in [-0.39, 0.29) is 12.5 Å². The fraction of sp³-hybridized carbons (Fsp3) is 0.625. The molecule has 0 saturated carbocycles. The third-order valence-electron chi connectivity index (χ3n) is 1.80. The Morgan fingerprint density at radius 1 is 1.62 bits per heavy atom. The highest BCUT2D eigenvalue weighted by molar-refractivity contribution is 5.67. The zero-order valence-electron chi connectivity index (χ0n) is 7.98. The predicted molar refractivity (Wildman–Crippen MR) is 46.5 cm³/mol. The van der Waals surface area contributed by atoms with E-state index >= 15 is 0 Å². The highest BCUT2D eigenvalue weighted by Crippen LogP contribution is 2.11. The number of rotatable bonds is 3. The maximum absolute atomic E-state index is 10.4. The van der Waals surface area contributed by atoms with Crippen LogP contribution in [0.15, 0.2) is 0 Å². The molecule has 0 aromatic carbocycles. The Labute approximate surface area is 76.4 Å². The second kappa shape index (κ2) is 3.55. The van der Waals surface area contributed by atoms with E-state index in [0.717, 1.165) is 5.82 Å². The number of hydrogen-bond donors (Lipinski definition) is 1. The van der Waals surface area contributed by atoms with Gasteiger partial charge in [-0.05, 0) is 20.8 Å². The molecule has 0 spiro atoms. The number of carbonyl (C=O) groups is 1. The lowest BCUT2D eigenvalue weighted by molar-refractivity contribution is -0.137. The lowest BCUT2D eigenvalue weighted by Gasteiger charge is -2.09. The Kier molecular flexibility index (Phi) is 2.65. The number of nitrogens with zero attached hydrogens (tertiary/aromatic N) is 3. The Bertz CT molecular complexity index is 319. The number of carboxylic acids is 1. The summed E-state index contributed by atoms with van der Waals surface area (Å²) in [5.74, 6) is 0.612. The van der Waals surface area contributed by atoms with Crippen LogP contribution < -0.4 is 0 Å². The molecule has 0 radical (unpaired) electrons. The second-order valence-corrected chi connectivity index (χ2v) is 3.10. The molecule has 1 heterocycles. The van der Waals surface area contributed by atoms with Crippen LogP contribution in [0.1, 0.15) is 31.0 Å². The molecule has 1 atom stereocenters. The van der Waals surface area contributed by atoms with Crippen LogP contribution in [0.2, 0.25) is 0 Å². The Morgan fingerprint density at radius 2 is 2.23 bits per heavy atom. The van der Waals surface area contributed by atoms with E-state index in [4.69, 9.17) is 5.11 Å². The first kappa shape index (κ1) is 9.70. The molecule has 0 aliphatic rings. The SMILES string of the molecule is Cc1nc(C)n([C@H](C)CC(=O)O)n1. The van der Waals surface area contributed by atoms with Crippen molar-refractivity contribution in [1.82, 2.24) is 14.8 Å². The predicted octanol–water partition coefficient (Wildman–Crippen LogP) is 0.931. The van der Waals surface area contributed by atoms with E-state index in [1.54, 1.807) is 11.6 Å². The van der Waals surface area contributed by atoms with Gasteiger partial charge < -0.3 is 5.11 Å². The van der Waals surface area contributed by atoms with Gasteiger partial charge in [0.1, 0.15) is 11.6 Å². The smallest absolute Gasteiger partial charge is 0.305 e. The highest BCUT2D eigenvalue weighted by Gasteiger charge is 2.13. The van der Waals surface area contributed by atoms with Crippen LogP contribution >= 0.6 is 0 Å². The van der Waals surface area contributed by atoms with Crippen molar-refractivity contribution >= 4 is 5.97 Å². The van der Waals surface area contributed by atoms with Crippen LogP contribution in [-0.2, 0) is 4.79 Å². The monoisotopic (exact) mass is 183 g/mol. The van der Waals surface area contributed by atoms with Crippen molar-refractivity contribution in [3.05, 3.63) is 11.6 Å². The van der Waals surface area contributed by atoms with Crippen LogP contribution in [0, 0.1) is 13.8 Å². The number of aliphatic carboxylic acids is 1. The van der Waals surface area contributed by atoms with Crippen LogP contribution in [-0.4, -0.2) is 25.8 Å². The number of hydrogen-bond acceptors (Lipinski definition) is 3. The van der Waals surface area contributed by atoms with Crippen molar-refractivity contribution in [3.63, 3.8) is 0 Å². The van der Waals surface area contributed by atoms with Crippen molar-refractivity contribution in [2.45, 2.75) is 33.2 Å². The second-order valence-electron chi connectivity index (χ2n) is 3.10. The summed E-state index contributed by atoms with van der Waals surface area (Å²) in [6.45, 7) is 5.42. The maximum Gasteiger partial charge on any atom is 0.305 e. The molecule has 0 saturated heterocycles. The first-order valence-corrected chi connectivity index (χ1v) is 4.12. The third-order valence-corrected chi connectivity index (χ3v) is 1.80. The van der Waals surface area contributed by atoms with Crippen molar-refractivity contribution in [3.8, 4) is 0 Å². The summed E-state index contributed by atoms with van der Waals surface area (Å²) in [5.41, 5.74) is 0. The molecule has 0 aliphatic carbocycles. The van der Waals surface area contributed by atoms with Gasteiger partial charge in [0.15, 0.2) is 0 Å². The van der Waals surface area contributed by atoms with Gasteiger partial charge in [-0.15, -0.1) is 0 Å². The van der Waals surface area contributed by atoms with Gasteiger partial charge in [-0.1, -0.05) is 0 Å². The summed E-state index contributed by atoms with van der Waals surface area (Å²) >= 11 is 0. The summed E-state index contributed by atoms with van der Waals surface area (Å²) in [4.78, 5) is 14.5. The Morgan fingerprint density at radius 3 is 2.62 bits per heavy atom. The Balaban J connectivity index is 2.81. The molecule has 1 rings (SSSR count). The quantitative estimate of drug-likeness (QED) is 0.756. The van der Waals surface area contributed by atoms with E-state index < -0.39 is 5.97 Å². The molecule has 0 bridgehead atoms. The van der Waals surface area contributed by atoms with E-state index in [0.29, 0.717) is 5.82 Å². The molecule has 72 valence electrons. The zero-order valence-corrected chi connectivity index (χ0v) is 7.98. The summed E-state index contributed by atoms with van der Waals surface area (Å²) in [6, 6.07) is -0.140. The molecule has 5 heteroatoms. The van der Waals surface area contributed by atoms with Gasteiger partial charge in [-0.25, -0.2) is 9.67 Å². The highest BCUT2D eigenvalue weighted by atomic mass is 16.4. The minimum atomic E-state index is -0.819. The molecule has 1 aromatic heterocycles. The minimum absolute atomic E-state index is 0.0731. The van der Waals surface area contributed by atoms with Crippen LogP contribution in [0.5, 0.6) is 0 Å². The summed E-state index contributed by atoms with van der Waals surface area (Å²) < 4.78 is 1.64. The molecular weight excluding hydrogens is 170 g/mol. The molecule has 1 N–H and O–H groups in total. The fourth-order valence-electron chi connectivity index (χ4n) is 1.29. The van der Waals surface area contributed by atoms with Crippen molar-refractivity contribution in [2.24, 2.45) is 0 Å². The van der Waals surface area contributed by atoms with E-state index in [1.165, 1.54) is 0 Å². The number of carboxylic acid groups (broad SMARTS) is 1. The third kappa shape index (κ3) is 2.27. The van der Waals surface area contributed by atoms with Crippen molar-refractivity contribution in [1.29, 1.82) is 0 Å². The molecule has 1 aromatic rings. The topological polar surface area (TPSA) is 68.0 Å². The van der Waals surface area contributed by atoms with Crippen molar-refractivity contribution in [2.75, 3.05) is 0 Å². The first-order valence-electron chi connectivity index (χ1n) is 4.12. The molecular formula is C8H13N3O2. The van der Waals surface area contributed by atoms with Crippen LogP contribution in [0.3, 0.4) is 0 Å². The van der Waals surface area contributed by atoms with Crippen LogP contribution in [0.4, 0.5) is 0 Å².